The molecule has 0 amide bonds. The van der Waals surface area contributed by atoms with Crippen molar-refractivity contribution in [1.82, 2.24) is 0 Å². The van der Waals surface area contributed by atoms with E-state index in [1.54, 1.807) is 0 Å². The minimum absolute atomic E-state index is 0.274. The van der Waals surface area contributed by atoms with Crippen molar-refractivity contribution in [3.05, 3.63) is 29.6 Å². The van der Waals surface area contributed by atoms with Crippen LogP contribution in [0.1, 0.15) is 17.3 Å². The van der Waals surface area contributed by atoms with Gasteiger partial charge in [-0.1, -0.05) is 0 Å². The molecule has 0 saturated carbocycles. The Kier molecular flexibility index (Phi) is 2.68. The van der Waals surface area contributed by atoms with Crippen molar-refractivity contribution < 1.29 is 17.6 Å². The molecular weight excluding hydrogens is 209 g/mol. The smallest absolute Gasteiger partial charge is 0.238 e. The van der Waals surface area contributed by atoms with Gasteiger partial charge in [0.05, 0.1) is 10.5 Å². The van der Waals surface area contributed by atoms with E-state index >= 15 is 0 Å². The highest BCUT2D eigenvalue weighted by Crippen LogP contribution is 2.14. The fraction of sp³-hybridized carbons (Fsp3) is 0.125. The maximum absolute atomic E-state index is 13.0. The third-order valence-electron chi connectivity index (χ3n) is 1.65. The molecule has 0 heterocycles. The largest absolute Gasteiger partial charge is 0.294 e. The Morgan fingerprint density at radius 2 is 2.00 bits per heavy atom. The van der Waals surface area contributed by atoms with Gasteiger partial charge in [-0.25, -0.2) is 17.9 Å². The quantitative estimate of drug-likeness (QED) is 0.740. The number of hydrogen-bond acceptors (Lipinski definition) is 3. The zero-order chi connectivity index (χ0) is 10.9. The van der Waals surface area contributed by atoms with Crippen LogP contribution in [0.25, 0.3) is 0 Å². The Hall–Kier alpha value is -1.27. The lowest BCUT2D eigenvalue weighted by Crippen LogP contribution is -2.13. The molecule has 0 fully saturated rings. The molecule has 0 atom stereocenters. The predicted octanol–water partition coefficient (Wildman–Crippen LogP) is 0.676. The summed E-state index contributed by atoms with van der Waals surface area (Å²) in [6, 6.07) is 2.83. The molecule has 4 nitrogen and oxygen atoms in total. The Morgan fingerprint density at radius 1 is 1.43 bits per heavy atom. The van der Waals surface area contributed by atoms with Crippen molar-refractivity contribution in [3.8, 4) is 0 Å². The second kappa shape index (κ2) is 3.47. The molecule has 1 rings (SSSR count). The van der Waals surface area contributed by atoms with E-state index in [-0.39, 0.29) is 10.5 Å². The van der Waals surface area contributed by atoms with Gasteiger partial charge >= 0.3 is 0 Å². The molecule has 0 unspecified atom stereocenters. The first-order chi connectivity index (χ1) is 6.32. The molecule has 2 N–H and O–H groups in total. The van der Waals surface area contributed by atoms with Gasteiger partial charge in [0.2, 0.25) is 10.0 Å². The first kappa shape index (κ1) is 10.8. The SMILES string of the molecule is CC(=O)c1cc(S(N)(=O)=O)ccc1F. The van der Waals surface area contributed by atoms with E-state index in [1.165, 1.54) is 0 Å². The molecule has 14 heavy (non-hydrogen) atoms. The average molecular weight is 217 g/mol. The summed E-state index contributed by atoms with van der Waals surface area (Å²) in [6.45, 7) is 1.14. The van der Waals surface area contributed by atoms with Crippen LogP contribution in [0.5, 0.6) is 0 Å². The summed E-state index contributed by atoms with van der Waals surface area (Å²) in [6.07, 6.45) is 0. The van der Waals surface area contributed by atoms with Gasteiger partial charge in [-0.15, -0.1) is 0 Å². The summed E-state index contributed by atoms with van der Waals surface area (Å²) in [5, 5.41) is 4.81. The number of halogens is 1. The Morgan fingerprint density at radius 3 is 2.43 bits per heavy atom. The van der Waals surface area contributed by atoms with Gasteiger partial charge in [0.1, 0.15) is 5.82 Å². The molecule has 0 aromatic heterocycles. The lowest BCUT2D eigenvalue weighted by molar-refractivity contribution is 0.101. The number of ketones is 1. The molecule has 0 saturated heterocycles. The molecular formula is C8H8FNO3S. The second-order valence-corrected chi connectivity index (χ2v) is 4.30. The minimum atomic E-state index is -3.89. The monoisotopic (exact) mass is 217 g/mol. The van der Waals surface area contributed by atoms with Crippen molar-refractivity contribution in [2.45, 2.75) is 11.8 Å². The van der Waals surface area contributed by atoms with E-state index in [9.17, 15) is 17.6 Å². The van der Waals surface area contributed by atoms with E-state index in [0.717, 1.165) is 25.1 Å². The van der Waals surface area contributed by atoms with Crippen LogP contribution in [0.2, 0.25) is 0 Å². The number of carbonyl (C=O) groups excluding carboxylic acids is 1. The number of benzene rings is 1. The van der Waals surface area contributed by atoms with Crippen molar-refractivity contribution >= 4 is 15.8 Å². The normalized spacial score (nSPS) is 11.4. The molecule has 0 aliphatic carbocycles. The number of hydrogen-bond donors (Lipinski definition) is 1. The molecule has 1 aromatic rings. The maximum Gasteiger partial charge on any atom is 0.238 e. The fourth-order valence-electron chi connectivity index (χ4n) is 0.951. The van der Waals surface area contributed by atoms with E-state index in [0.29, 0.717) is 0 Å². The molecule has 0 aliphatic rings. The third kappa shape index (κ3) is 2.15. The molecule has 0 aliphatic heterocycles. The summed E-state index contributed by atoms with van der Waals surface area (Å²) in [5.74, 6) is -1.31. The summed E-state index contributed by atoms with van der Waals surface area (Å²) >= 11 is 0. The topological polar surface area (TPSA) is 77.2 Å². The van der Waals surface area contributed by atoms with E-state index in [1.807, 2.05) is 0 Å². The van der Waals surface area contributed by atoms with Crippen LogP contribution in [0, 0.1) is 5.82 Å². The second-order valence-electron chi connectivity index (χ2n) is 2.74. The van der Waals surface area contributed by atoms with Crippen LogP contribution in [-0.2, 0) is 10.0 Å². The molecule has 0 bridgehead atoms. The summed E-state index contributed by atoms with van der Waals surface area (Å²) < 4.78 is 34.7. The van der Waals surface area contributed by atoms with E-state index in [4.69, 9.17) is 5.14 Å². The van der Waals surface area contributed by atoms with Crippen LogP contribution in [-0.4, -0.2) is 14.2 Å². The number of Topliss-reactive ketones (excluding diaryl/α,β-unsaturated/α-hetero) is 1. The van der Waals surface area contributed by atoms with Crippen LogP contribution in [0.15, 0.2) is 23.1 Å². The molecule has 0 spiro atoms. The Labute approximate surface area is 80.6 Å². The first-order valence-electron chi connectivity index (χ1n) is 3.65. The number of rotatable bonds is 2. The van der Waals surface area contributed by atoms with Crippen LogP contribution in [0.4, 0.5) is 4.39 Å². The zero-order valence-electron chi connectivity index (χ0n) is 7.32. The molecule has 1 aromatic carbocycles. The van der Waals surface area contributed by atoms with Crippen molar-refractivity contribution in [3.63, 3.8) is 0 Å². The van der Waals surface area contributed by atoms with Gasteiger partial charge in [0.25, 0.3) is 0 Å². The van der Waals surface area contributed by atoms with Crippen molar-refractivity contribution in [2.75, 3.05) is 0 Å². The minimum Gasteiger partial charge on any atom is -0.294 e. The molecule has 76 valence electrons. The zero-order valence-corrected chi connectivity index (χ0v) is 8.14. The number of nitrogens with two attached hydrogens (primary N) is 1. The van der Waals surface area contributed by atoms with Crippen LogP contribution in [0.3, 0.4) is 0 Å². The fourth-order valence-corrected chi connectivity index (χ4v) is 1.49. The lowest BCUT2D eigenvalue weighted by atomic mass is 10.1. The van der Waals surface area contributed by atoms with Gasteiger partial charge in [0, 0.05) is 0 Å². The van der Waals surface area contributed by atoms with Gasteiger partial charge in [-0.2, -0.15) is 0 Å². The van der Waals surface area contributed by atoms with Gasteiger partial charge in [-0.05, 0) is 25.1 Å². The Balaban J connectivity index is 3.42. The number of sulfonamides is 1. The van der Waals surface area contributed by atoms with Crippen molar-refractivity contribution in [1.29, 1.82) is 0 Å². The standard InChI is InChI=1S/C8H8FNO3S/c1-5(11)7-4-6(14(10,12)13)2-3-8(7)9/h2-4H,1H3,(H2,10,12,13). The van der Waals surface area contributed by atoms with Gasteiger partial charge in [0.15, 0.2) is 5.78 Å². The average Bonchev–Trinajstić information content (AvgIpc) is 2.02. The van der Waals surface area contributed by atoms with Crippen LogP contribution >= 0.6 is 0 Å². The molecule has 0 radical (unpaired) electrons. The third-order valence-corrected chi connectivity index (χ3v) is 2.56. The maximum atomic E-state index is 13.0. The van der Waals surface area contributed by atoms with Crippen LogP contribution < -0.4 is 5.14 Å². The highest BCUT2D eigenvalue weighted by Gasteiger charge is 2.13. The highest BCUT2D eigenvalue weighted by atomic mass is 32.2. The first-order valence-corrected chi connectivity index (χ1v) is 5.20. The number of primary sulfonamides is 1. The number of carbonyl (C=O) groups is 1. The van der Waals surface area contributed by atoms with Crippen molar-refractivity contribution in [2.24, 2.45) is 5.14 Å². The van der Waals surface area contributed by atoms with E-state index < -0.39 is 21.6 Å². The van der Waals surface area contributed by atoms with E-state index in [2.05, 4.69) is 0 Å². The Bertz CT molecular complexity index is 481. The summed E-state index contributed by atoms with van der Waals surface area (Å²) in [7, 11) is -3.89. The summed E-state index contributed by atoms with van der Waals surface area (Å²) in [4.78, 5) is 10.6. The predicted molar refractivity (Wildman–Crippen MR) is 47.8 cm³/mol. The lowest BCUT2D eigenvalue weighted by Gasteiger charge is -2.01. The molecule has 6 heteroatoms. The highest BCUT2D eigenvalue weighted by molar-refractivity contribution is 7.89. The van der Waals surface area contributed by atoms with Gasteiger partial charge < -0.3 is 0 Å². The van der Waals surface area contributed by atoms with Gasteiger partial charge in [-0.3, -0.25) is 4.79 Å². The summed E-state index contributed by atoms with van der Waals surface area (Å²) in [5.41, 5.74) is -0.281.